The molecule has 2 aromatic rings. The maximum Gasteiger partial charge on any atom is 0.319 e. The number of hydrogen-bond acceptors (Lipinski definition) is 3. The van der Waals surface area contributed by atoms with Crippen molar-refractivity contribution in [3.05, 3.63) is 41.7 Å². The molecule has 2 amide bonds. The molecule has 0 unspecified atom stereocenters. The number of nitrogens with zero attached hydrogens (tertiary/aromatic N) is 2. The summed E-state index contributed by atoms with van der Waals surface area (Å²) >= 11 is 1.78. The average molecular weight is 332 g/mol. The lowest BCUT2D eigenvalue weighted by Gasteiger charge is -2.16. The minimum atomic E-state index is -0.199. The maximum atomic E-state index is 12.1. The van der Waals surface area contributed by atoms with Gasteiger partial charge in [0.05, 0.1) is 12.2 Å². The SMILES string of the molecule is CCSc1ccc(NC(=O)N[C@H](C)Cn2nc(C)cc2C)cc1. The van der Waals surface area contributed by atoms with Crippen LogP contribution in [0.4, 0.5) is 10.5 Å². The zero-order chi connectivity index (χ0) is 16.8. The number of thioether (sulfide) groups is 1. The van der Waals surface area contributed by atoms with E-state index < -0.39 is 0 Å². The van der Waals surface area contributed by atoms with Crippen LogP contribution >= 0.6 is 11.8 Å². The van der Waals surface area contributed by atoms with E-state index >= 15 is 0 Å². The fourth-order valence-electron chi connectivity index (χ4n) is 2.36. The van der Waals surface area contributed by atoms with Crippen molar-refractivity contribution in [1.82, 2.24) is 15.1 Å². The summed E-state index contributed by atoms with van der Waals surface area (Å²) in [5.41, 5.74) is 2.88. The summed E-state index contributed by atoms with van der Waals surface area (Å²) in [4.78, 5) is 13.3. The molecule has 0 fully saturated rings. The van der Waals surface area contributed by atoms with E-state index in [0.29, 0.717) is 6.54 Å². The van der Waals surface area contributed by atoms with Crippen LogP contribution in [0.3, 0.4) is 0 Å². The maximum absolute atomic E-state index is 12.1. The summed E-state index contributed by atoms with van der Waals surface area (Å²) in [6, 6.07) is 9.69. The summed E-state index contributed by atoms with van der Waals surface area (Å²) in [5.74, 6) is 1.04. The van der Waals surface area contributed by atoms with Crippen LogP contribution in [0.15, 0.2) is 35.2 Å². The number of carbonyl (C=O) groups excluding carboxylic acids is 1. The molecule has 1 aromatic carbocycles. The minimum Gasteiger partial charge on any atom is -0.334 e. The monoisotopic (exact) mass is 332 g/mol. The minimum absolute atomic E-state index is 0.0112. The topological polar surface area (TPSA) is 59.0 Å². The molecule has 124 valence electrons. The molecule has 5 nitrogen and oxygen atoms in total. The van der Waals surface area contributed by atoms with Crippen molar-refractivity contribution in [1.29, 1.82) is 0 Å². The smallest absolute Gasteiger partial charge is 0.319 e. The highest BCUT2D eigenvalue weighted by molar-refractivity contribution is 7.99. The Kier molecular flexibility index (Phi) is 6.10. The molecule has 0 aliphatic rings. The lowest BCUT2D eigenvalue weighted by molar-refractivity contribution is 0.247. The summed E-state index contributed by atoms with van der Waals surface area (Å²) in [7, 11) is 0. The number of amides is 2. The van der Waals surface area contributed by atoms with Gasteiger partial charge in [-0.1, -0.05) is 6.92 Å². The number of urea groups is 1. The van der Waals surface area contributed by atoms with Crippen LogP contribution in [0.1, 0.15) is 25.2 Å². The van der Waals surface area contributed by atoms with Crippen molar-refractivity contribution in [2.75, 3.05) is 11.1 Å². The van der Waals surface area contributed by atoms with E-state index in [-0.39, 0.29) is 12.1 Å². The molecule has 2 rings (SSSR count). The number of carbonyl (C=O) groups is 1. The third kappa shape index (κ3) is 5.32. The van der Waals surface area contributed by atoms with E-state index in [1.165, 1.54) is 4.90 Å². The molecular weight excluding hydrogens is 308 g/mol. The van der Waals surface area contributed by atoms with Crippen LogP contribution in [0.25, 0.3) is 0 Å². The molecule has 23 heavy (non-hydrogen) atoms. The van der Waals surface area contributed by atoms with Gasteiger partial charge in [0.1, 0.15) is 0 Å². The number of rotatable bonds is 6. The van der Waals surface area contributed by atoms with Crippen molar-refractivity contribution in [3.8, 4) is 0 Å². The van der Waals surface area contributed by atoms with Gasteiger partial charge in [-0.05, 0) is 56.9 Å². The Labute approximate surface area is 141 Å². The second kappa shape index (κ2) is 8.06. The van der Waals surface area contributed by atoms with Crippen molar-refractivity contribution in [3.63, 3.8) is 0 Å². The second-order valence-corrected chi connectivity index (χ2v) is 6.90. The van der Waals surface area contributed by atoms with Gasteiger partial charge in [-0.25, -0.2) is 4.79 Å². The molecule has 6 heteroatoms. The predicted molar refractivity (Wildman–Crippen MR) is 96.2 cm³/mol. The predicted octanol–water partition coefficient (Wildman–Crippen LogP) is 3.82. The van der Waals surface area contributed by atoms with E-state index in [1.54, 1.807) is 11.8 Å². The van der Waals surface area contributed by atoms with Gasteiger partial charge in [0, 0.05) is 22.3 Å². The molecule has 1 heterocycles. The van der Waals surface area contributed by atoms with Crippen LogP contribution in [-0.2, 0) is 6.54 Å². The number of nitrogens with one attached hydrogen (secondary N) is 2. The molecular formula is C17H24N4OS. The lowest BCUT2D eigenvalue weighted by atomic mass is 10.3. The molecule has 0 bridgehead atoms. The van der Waals surface area contributed by atoms with Gasteiger partial charge in [-0.2, -0.15) is 5.10 Å². The van der Waals surface area contributed by atoms with Gasteiger partial charge in [0.15, 0.2) is 0 Å². The van der Waals surface area contributed by atoms with E-state index in [0.717, 1.165) is 22.8 Å². The molecule has 0 saturated carbocycles. The molecule has 1 atom stereocenters. The van der Waals surface area contributed by atoms with Crippen molar-refractivity contribution in [2.45, 2.75) is 45.2 Å². The summed E-state index contributed by atoms with van der Waals surface area (Å²) in [6.45, 7) is 8.72. The first kappa shape index (κ1) is 17.4. The second-order valence-electron chi connectivity index (χ2n) is 5.57. The third-order valence-corrected chi connectivity index (χ3v) is 4.25. The quantitative estimate of drug-likeness (QED) is 0.791. The van der Waals surface area contributed by atoms with Crippen molar-refractivity contribution < 1.29 is 4.79 Å². The lowest BCUT2D eigenvalue weighted by Crippen LogP contribution is -2.38. The first-order valence-electron chi connectivity index (χ1n) is 7.79. The molecule has 0 aliphatic carbocycles. The van der Waals surface area contributed by atoms with Gasteiger partial charge >= 0.3 is 6.03 Å². The van der Waals surface area contributed by atoms with Crippen molar-refractivity contribution >= 4 is 23.5 Å². The third-order valence-electron chi connectivity index (χ3n) is 3.35. The van der Waals surface area contributed by atoms with E-state index in [4.69, 9.17) is 0 Å². The first-order valence-corrected chi connectivity index (χ1v) is 8.78. The highest BCUT2D eigenvalue weighted by atomic mass is 32.2. The van der Waals surface area contributed by atoms with Crippen LogP contribution in [-0.4, -0.2) is 27.6 Å². The van der Waals surface area contributed by atoms with Crippen LogP contribution in [0.5, 0.6) is 0 Å². The van der Waals surface area contributed by atoms with Crippen LogP contribution < -0.4 is 10.6 Å². The Hall–Kier alpha value is -1.95. The molecule has 2 N–H and O–H groups in total. The Bertz CT molecular complexity index is 651. The Morgan fingerprint density at radius 3 is 2.57 bits per heavy atom. The van der Waals surface area contributed by atoms with Crippen LogP contribution in [0.2, 0.25) is 0 Å². The van der Waals surface area contributed by atoms with E-state index in [2.05, 4.69) is 22.7 Å². The van der Waals surface area contributed by atoms with E-state index in [1.807, 2.05) is 55.8 Å². The number of benzene rings is 1. The molecule has 0 saturated heterocycles. The van der Waals surface area contributed by atoms with Crippen LogP contribution in [0, 0.1) is 13.8 Å². The van der Waals surface area contributed by atoms with Gasteiger partial charge < -0.3 is 10.6 Å². The number of aryl methyl sites for hydroxylation is 2. The zero-order valence-corrected chi connectivity index (χ0v) is 14.9. The molecule has 0 spiro atoms. The fourth-order valence-corrected chi connectivity index (χ4v) is 3.02. The van der Waals surface area contributed by atoms with Gasteiger partial charge in [0.2, 0.25) is 0 Å². The Morgan fingerprint density at radius 1 is 1.30 bits per heavy atom. The number of aromatic nitrogens is 2. The largest absolute Gasteiger partial charge is 0.334 e. The Balaban J connectivity index is 1.85. The number of anilines is 1. The number of hydrogen-bond donors (Lipinski definition) is 2. The van der Waals surface area contributed by atoms with Gasteiger partial charge in [-0.3, -0.25) is 4.68 Å². The Morgan fingerprint density at radius 2 is 2.00 bits per heavy atom. The van der Waals surface area contributed by atoms with E-state index in [9.17, 15) is 4.79 Å². The standard InChI is InChI=1S/C17H24N4OS/c1-5-23-16-8-6-15(7-9-16)19-17(22)18-13(3)11-21-14(4)10-12(2)20-21/h6-10,13H,5,11H2,1-4H3,(H2,18,19,22)/t13-/m1/s1. The summed E-state index contributed by atoms with van der Waals surface area (Å²) in [5, 5.41) is 10.2. The first-order chi connectivity index (χ1) is 11.0. The van der Waals surface area contributed by atoms with Gasteiger partial charge in [-0.15, -0.1) is 11.8 Å². The van der Waals surface area contributed by atoms with Gasteiger partial charge in [0.25, 0.3) is 0 Å². The molecule has 1 aromatic heterocycles. The summed E-state index contributed by atoms with van der Waals surface area (Å²) < 4.78 is 1.91. The highest BCUT2D eigenvalue weighted by Crippen LogP contribution is 2.19. The highest BCUT2D eigenvalue weighted by Gasteiger charge is 2.10. The average Bonchev–Trinajstić information content (AvgIpc) is 2.79. The normalized spacial score (nSPS) is 12.0. The zero-order valence-electron chi connectivity index (χ0n) is 14.1. The van der Waals surface area contributed by atoms with Crippen molar-refractivity contribution in [2.24, 2.45) is 0 Å². The fraction of sp³-hybridized carbons (Fsp3) is 0.412. The summed E-state index contributed by atoms with van der Waals surface area (Å²) in [6.07, 6.45) is 0. The molecule has 0 radical (unpaired) electrons. The molecule has 0 aliphatic heterocycles.